The van der Waals surface area contributed by atoms with Crippen LogP contribution in [-0.2, 0) is 17.8 Å². The molecule has 0 fully saturated rings. The lowest BCUT2D eigenvalue weighted by molar-refractivity contribution is -0.133. The highest BCUT2D eigenvalue weighted by atomic mass is 16.5. The number of carbonyl (C=O) groups excluding carboxylic acids is 1. The van der Waals surface area contributed by atoms with Crippen molar-refractivity contribution in [1.29, 1.82) is 0 Å². The molecule has 3 rings (SSSR count). The fourth-order valence-corrected chi connectivity index (χ4v) is 3.24. The lowest BCUT2D eigenvalue weighted by Gasteiger charge is -2.35. The number of hydrogen-bond donors (Lipinski definition) is 0. The summed E-state index contributed by atoms with van der Waals surface area (Å²) in [6.45, 7) is 9.40. The number of carbonyl (C=O) groups is 1. The van der Waals surface area contributed by atoms with E-state index in [0.717, 1.165) is 23.8 Å². The van der Waals surface area contributed by atoms with E-state index in [4.69, 9.17) is 4.52 Å². The Morgan fingerprint density at radius 3 is 2.83 bits per heavy atom. The Kier molecular flexibility index (Phi) is 4.19. The van der Waals surface area contributed by atoms with Crippen LogP contribution in [0.4, 0.5) is 0 Å². The molecule has 7 heteroatoms. The van der Waals surface area contributed by atoms with E-state index in [2.05, 4.69) is 33.8 Å². The van der Waals surface area contributed by atoms with E-state index in [9.17, 15) is 4.79 Å². The first kappa shape index (κ1) is 15.7. The molecule has 0 bridgehead atoms. The molecule has 1 atom stereocenters. The Bertz CT molecular complexity index is 703. The quantitative estimate of drug-likeness (QED) is 0.862. The van der Waals surface area contributed by atoms with E-state index in [1.807, 2.05) is 18.7 Å². The van der Waals surface area contributed by atoms with Gasteiger partial charge in [0.1, 0.15) is 11.6 Å². The van der Waals surface area contributed by atoms with Gasteiger partial charge in [-0.1, -0.05) is 19.0 Å². The first-order valence-electron chi connectivity index (χ1n) is 8.04. The number of fused-ring (bicyclic) bond motifs is 1. The Morgan fingerprint density at radius 2 is 2.17 bits per heavy atom. The molecule has 2 aromatic heterocycles. The molecule has 1 aliphatic heterocycles. The molecule has 23 heavy (non-hydrogen) atoms. The highest BCUT2D eigenvalue weighted by molar-refractivity contribution is 5.78. The Morgan fingerprint density at radius 1 is 1.39 bits per heavy atom. The van der Waals surface area contributed by atoms with Crippen molar-refractivity contribution in [2.45, 2.75) is 53.1 Å². The van der Waals surface area contributed by atoms with E-state index in [-0.39, 0.29) is 18.4 Å². The molecule has 0 saturated heterocycles. The van der Waals surface area contributed by atoms with Gasteiger partial charge in [0.15, 0.2) is 5.82 Å². The van der Waals surface area contributed by atoms with Gasteiger partial charge >= 0.3 is 0 Å². The molecular formula is C16H23N5O2. The summed E-state index contributed by atoms with van der Waals surface area (Å²) in [5.41, 5.74) is 0.791. The highest BCUT2D eigenvalue weighted by Crippen LogP contribution is 2.27. The maximum atomic E-state index is 12.6. The largest absolute Gasteiger partial charge is 0.361 e. The van der Waals surface area contributed by atoms with Crippen LogP contribution in [0.25, 0.3) is 0 Å². The summed E-state index contributed by atoms with van der Waals surface area (Å²) in [4.78, 5) is 14.5. The molecular weight excluding hydrogens is 294 g/mol. The van der Waals surface area contributed by atoms with E-state index in [1.54, 1.807) is 6.07 Å². The molecule has 0 unspecified atom stereocenters. The van der Waals surface area contributed by atoms with Gasteiger partial charge in [0.25, 0.3) is 0 Å². The minimum Gasteiger partial charge on any atom is -0.361 e. The molecule has 0 spiro atoms. The Balaban J connectivity index is 1.78. The fourth-order valence-electron chi connectivity index (χ4n) is 3.24. The summed E-state index contributed by atoms with van der Waals surface area (Å²) in [5, 5.41) is 12.3. The van der Waals surface area contributed by atoms with Gasteiger partial charge in [0, 0.05) is 12.6 Å². The van der Waals surface area contributed by atoms with Crippen molar-refractivity contribution in [3.8, 4) is 0 Å². The number of aryl methyl sites for hydroxylation is 2. The zero-order valence-corrected chi connectivity index (χ0v) is 14.1. The van der Waals surface area contributed by atoms with Crippen LogP contribution in [-0.4, -0.2) is 37.3 Å². The van der Waals surface area contributed by atoms with Crippen LogP contribution in [0, 0.1) is 19.8 Å². The van der Waals surface area contributed by atoms with Crippen molar-refractivity contribution in [2.24, 2.45) is 5.92 Å². The average molecular weight is 317 g/mol. The summed E-state index contributed by atoms with van der Waals surface area (Å²) in [7, 11) is 0. The molecule has 1 aliphatic rings. The van der Waals surface area contributed by atoms with Gasteiger partial charge in [-0.15, -0.1) is 10.2 Å². The van der Waals surface area contributed by atoms with Gasteiger partial charge in [-0.05, 0) is 26.2 Å². The molecule has 3 heterocycles. The smallest absolute Gasteiger partial charge is 0.230 e. The average Bonchev–Trinajstić information content (AvgIpc) is 3.05. The number of nitrogens with zero attached hydrogens (tertiary/aromatic N) is 5. The van der Waals surface area contributed by atoms with E-state index >= 15 is 0 Å². The summed E-state index contributed by atoms with van der Waals surface area (Å²) in [6, 6.07) is 2.04. The molecule has 7 nitrogen and oxygen atoms in total. The van der Waals surface area contributed by atoms with Gasteiger partial charge < -0.3 is 14.0 Å². The third-order valence-electron chi connectivity index (χ3n) is 4.16. The zero-order valence-electron chi connectivity index (χ0n) is 14.1. The molecule has 1 amide bonds. The van der Waals surface area contributed by atoms with Gasteiger partial charge in [-0.25, -0.2) is 0 Å². The maximum absolute atomic E-state index is 12.6. The van der Waals surface area contributed by atoms with Crippen molar-refractivity contribution in [3.05, 3.63) is 29.2 Å². The van der Waals surface area contributed by atoms with E-state index in [0.29, 0.717) is 24.8 Å². The van der Waals surface area contributed by atoms with Gasteiger partial charge in [-0.3, -0.25) is 4.79 Å². The third kappa shape index (κ3) is 3.28. The molecule has 2 aromatic rings. The van der Waals surface area contributed by atoms with E-state index < -0.39 is 0 Å². The first-order valence-corrected chi connectivity index (χ1v) is 8.04. The summed E-state index contributed by atoms with van der Waals surface area (Å²) < 4.78 is 7.34. The summed E-state index contributed by atoms with van der Waals surface area (Å²) >= 11 is 0. The zero-order chi connectivity index (χ0) is 16.6. The van der Waals surface area contributed by atoms with Crippen molar-refractivity contribution in [1.82, 2.24) is 24.8 Å². The number of hydrogen-bond acceptors (Lipinski definition) is 5. The standard InChI is InChI=1S/C16H23N5O2/c1-10(2)5-13-8-20(9-15-18-17-12(4)21(13)15)16(22)7-14-6-11(3)19-23-14/h6,10,13H,5,7-9H2,1-4H3/t13-/m0/s1. The second-order valence-electron chi connectivity index (χ2n) is 6.70. The van der Waals surface area contributed by atoms with Crippen molar-refractivity contribution >= 4 is 5.91 Å². The van der Waals surface area contributed by atoms with Crippen LogP contribution in [0.1, 0.15) is 49.4 Å². The van der Waals surface area contributed by atoms with E-state index in [1.165, 1.54) is 0 Å². The number of rotatable bonds is 4. The molecule has 0 aliphatic carbocycles. The van der Waals surface area contributed by atoms with Crippen LogP contribution in [0.3, 0.4) is 0 Å². The molecule has 0 radical (unpaired) electrons. The topological polar surface area (TPSA) is 77.0 Å². The minimum atomic E-state index is 0.0433. The lowest BCUT2D eigenvalue weighted by atomic mass is 10.0. The van der Waals surface area contributed by atoms with Crippen molar-refractivity contribution < 1.29 is 9.32 Å². The van der Waals surface area contributed by atoms with Crippen LogP contribution in [0.2, 0.25) is 0 Å². The van der Waals surface area contributed by atoms with Gasteiger partial charge in [0.05, 0.1) is 24.7 Å². The Hall–Kier alpha value is -2.18. The number of aromatic nitrogens is 4. The SMILES string of the molecule is Cc1cc(CC(=O)N2Cc3nnc(C)n3[C@@H](CC(C)C)C2)on1. The van der Waals surface area contributed by atoms with Crippen LogP contribution in [0.5, 0.6) is 0 Å². The Labute approximate surface area is 135 Å². The second-order valence-corrected chi connectivity index (χ2v) is 6.70. The predicted octanol–water partition coefficient (Wildman–Crippen LogP) is 2.06. The molecule has 124 valence electrons. The van der Waals surface area contributed by atoms with Gasteiger partial charge in [-0.2, -0.15) is 0 Å². The van der Waals surface area contributed by atoms with Gasteiger partial charge in [0.2, 0.25) is 5.91 Å². The minimum absolute atomic E-state index is 0.0433. The highest BCUT2D eigenvalue weighted by Gasteiger charge is 2.31. The third-order valence-corrected chi connectivity index (χ3v) is 4.16. The van der Waals surface area contributed by atoms with Crippen molar-refractivity contribution in [3.63, 3.8) is 0 Å². The normalized spacial score (nSPS) is 17.6. The summed E-state index contributed by atoms with van der Waals surface area (Å²) in [6.07, 6.45) is 1.24. The molecule has 0 saturated carbocycles. The fraction of sp³-hybridized carbons (Fsp3) is 0.625. The van der Waals surface area contributed by atoms with Crippen LogP contribution < -0.4 is 0 Å². The first-order chi connectivity index (χ1) is 10.9. The summed E-state index contributed by atoms with van der Waals surface area (Å²) in [5.74, 6) is 2.98. The number of amides is 1. The second kappa shape index (κ2) is 6.14. The maximum Gasteiger partial charge on any atom is 0.230 e. The van der Waals surface area contributed by atoms with Crippen LogP contribution in [0.15, 0.2) is 10.6 Å². The molecule has 0 aromatic carbocycles. The monoisotopic (exact) mass is 317 g/mol. The molecule has 0 N–H and O–H groups in total. The van der Waals surface area contributed by atoms with Crippen LogP contribution >= 0.6 is 0 Å². The lowest BCUT2D eigenvalue weighted by Crippen LogP contribution is -2.42. The predicted molar refractivity (Wildman–Crippen MR) is 83.6 cm³/mol. The van der Waals surface area contributed by atoms with Crippen molar-refractivity contribution in [2.75, 3.05) is 6.54 Å².